The maximum Gasteiger partial charge on any atom is 0.226 e. The molecule has 7 heteroatoms. The summed E-state index contributed by atoms with van der Waals surface area (Å²) in [6.45, 7) is 7.65. The first-order chi connectivity index (χ1) is 12.7. The Morgan fingerprint density at radius 3 is 2.44 bits per heavy atom. The number of hydrogen-bond donors (Lipinski definition) is 2. The largest absolute Gasteiger partial charge is 0.352 e. The highest BCUT2D eigenvalue weighted by molar-refractivity contribution is 7.16. The molecule has 27 heavy (non-hydrogen) atoms. The van der Waals surface area contributed by atoms with Crippen LogP contribution in [0.5, 0.6) is 0 Å². The molecular weight excluding hydrogens is 360 g/mol. The first-order valence-electron chi connectivity index (χ1n) is 8.73. The number of thiazole rings is 1. The molecule has 142 valence electrons. The van der Waals surface area contributed by atoms with E-state index < -0.39 is 0 Å². The molecule has 0 spiro atoms. The quantitative estimate of drug-likeness (QED) is 0.775. The highest BCUT2D eigenvalue weighted by atomic mass is 32.1. The van der Waals surface area contributed by atoms with Crippen LogP contribution in [0.4, 0.5) is 5.13 Å². The molecule has 0 saturated carbocycles. The van der Waals surface area contributed by atoms with Crippen molar-refractivity contribution in [3.8, 4) is 11.8 Å². The van der Waals surface area contributed by atoms with E-state index in [1.54, 1.807) is 12.4 Å². The molecule has 0 saturated heterocycles. The standard InChI is InChI=1S/C20H24N4O2S/c1-14-16(9-8-15-10-12-21-13-11-15)27-19(22-14)23-17(25)6-5-7-18(26)24-20(2,3)4/h10-13H,5-7H2,1-4H3,(H,24,26)(H,22,23,25). The van der Waals surface area contributed by atoms with Gasteiger partial charge in [0.15, 0.2) is 5.13 Å². The van der Waals surface area contributed by atoms with Crippen molar-refractivity contribution in [3.63, 3.8) is 0 Å². The van der Waals surface area contributed by atoms with Gasteiger partial charge in [-0.3, -0.25) is 14.6 Å². The SMILES string of the molecule is Cc1nc(NC(=O)CCCC(=O)NC(C)(C)C)sc1C#Cc1ccncc1. The Morgan fingerprint density at radius 2 is 1.78 bits per heavy atom. The van der Waals surface area contributed by atoms with Gasteiger partial charge in [-0.2, -0.15) is 0 Å². The number of nitrogens with zero attached hydrogens (tertiary/aromatic N) is 2. The van der Waals surface area contributed by atoms with E-state index in [9.17, 15) is 9.59 Å². The van der Waals surface area contributed by atoms with Gasteiger partial charge in [-0.25, -0.2) is 4.98 Å². The molecule has 0 unspecified atom stereocenters. The van der Waals surface area contributed by atoms with Gasteiger partial charge in [0.05, 0.1) is 5.69 Å². The summed E-state index contributed by atoms with van der Waals surface area (Å²) >= 11 is 1.34. The van der Waals surface area contributed by atoms with Gasteiger partial charge in [-0.15, -0.1) is 0 Å². The Labute approximate surface area is 163 Å². The number of carbonyl (C=O) groups is 2. The summed E-state index contributed by atoms with van der Waals surface area (Å²) in [5, 5.41) is 6.19. The number of hydrogen-bond acceptors (Lipinski definition) is 5. The molecule has 0 fully saturated rings. The average molecular weight is 385 g/mol. The van der Waals surface area contributed by atoms with Gasteiger partial charge < -0.3 is 10.6 Å². The van der Waals surface area contributed by atoms with Crippen molar-refractivity contribution in [2.24, 2.45) is 0 Å². The molecular formula is C20H24N4O2S. The van der Waals surface area contributed by atoms with Gasteiger partial charge in [0, 0.05) is 36.3 Å². The molecule has 2 heterocycles. The van der Waals surface area contributed by atoms with Crippen LogP contribution in [0.2, 0.25) is 0 Å². The van der Waals surface area contributed by atoms with Crippen LogP contribution in [0, 0.1) is 18.8 Å². The van der Waals surface area contributed by atoms with E-state index in [1.807, 2.05) is 39.8 Å². The summed E-state index contributed by atoms with van der Waals surface area (Å²) < 4.78 is 0. The molecule has 2 aromatic rings. The number of rotatable bonds is 5. The highest BCUT2D eigenvalue weighted by Gasteiger charge is 2.14. The lowest BCUT2D eigenvalue weighted by Gasteiger charge is -2.20. The number of nitrogens with one attached hydrogen (secondary N) is 2. The lowest BCUT2D eigenvalue weighted by Crippen LogP contribution is -2.40. The summed E-state index contributed by atoms with van der Waals surface area (Å²) in [7, 11) is 0. The Balaban J connectivity index is 1.85. The van der Waals surface area contributed by atoms with Crippen LogP contribution in [0.25, 0.3) is 0 Å². The van der Waals surface area contributed by atoms with Crippen LogP contribution in [0.15, 0.2) is 24.5 Å². The second kappa shape index (κ2) is 9.28. The highest BCUT2D eigenvalue weighted by Crippen LogP contribution is 2.22. The first kappa shape index (κ1) is 20.6. The van der Waals surface area contributed by atoms with Gasteiger partial charge in [-0.1, -0.05) is 17.3 Å². The van der Waals surface area contributed by atoms with Crippen molar-refractivity contribution in [1.82, 2.24) is 15.3 Å². The first-order valence-corrected chi connectivity index (χ1v) is 9.55. The van der Waals surface area contributed by atoms with Crippen LogP contribution in [0.1, 0.15) is 56.2 Å². The van der Waals surface area contributed by atoms with Crippen LogP contribution in [-0.2, 0) is 9.59 Å². The Bertz CT molecular complexity index is 858. The molecule has 0 radical (unpaired) electrons. The van der Waals surface area contributed by atoms with E-state index in [4.69, 9.17) is 0 Å². The second-order valence-electron chi connectivity index (χ2n) is 7.12. The van der Waals surface area contributed by atoms with Crippen molar-refractivity contribution < 1.29 is 9.59 Å². The number of pyridine rings is 1. The van der Waals surface area contributed by atoms with E-state index in [-0.39, 0.29) is 23.8 Å². The van der Waals surface area contributed by atoms with E-state index in [0.29, 0.717) is 18.0 Å². The monoisotopic (exact) mass is 384 g/mol. The Hall–Kier alpha value is -2.72. The van der Waals surface area contributed by atoms with Crippen molar-refractivity contribution in [2.75, 3.05) is 5.32 Å². The van der Waals surface area contributed by atoms with Gasteiger partial charge in [-0.05, 0) is 52.2 Å². The summed E-state index contributed by atoms with van der Waals surface area (Å²) in [4.78, 5) is 32.9. The molecule has 0 aliphatic carbocycles. The molecule has 0 aliphatic rings. The van der Waals surface area contributed by atoms with Crippen LogP contribution in [0.3, 0.4) is 0 Å². The van der Waals surface area contributed by atoms with Crippen molar-refractivity contribution in [1.29, 1.82) is 0 Å². The van der Waals surface area contributed by atoms with Crippen molar-refractivity contribution >= 4 is 28.3 Å². The predicted molar refractivity (Wildman–Crippen MR) is 107 cm³/mol. The van der Waals surface area contributed by atoms with Crippen LogP contribution in [-0.4, -0.2) is 27.3 Å². The zero-order valence-electron chi connectivity index (χ0n) is 16.0. The zero-order valence-corrected chi connectivity index (χ0v) is 16.9. The molecule has 2 aromatic heterocycles. The summed E-state index contributed by atoms with van der Waals surface area (Å²) in [5.41, 5.74) is 1.39. The molecule has 6 nitrogen and oxygen atoms in total. The van der Waals surface area contributed by atoms with Crippen molar-refractivity contribution in [2.45, 2.75) is 52.5 Å². The summed E-state index contributed by atoms with van der Waals surface area (Å²) in [6.07, 6.45) is 4.47. The molecule has 0 aromatic carbocycles. The molecule has 0 aliphatic heterocycles. The maximum atomic E-state index is 12.1. The molecule has 2 N–H and O–H groups in total. The van der Waals surface area contributed by atoms with E-state index >= 15 is 0 Å². The number of aromatic nitrogens is 2. The lowest BCUT2D eigenvalue weighted by atomic mass is 10.1. The number of amides is 2. The Kier molecular flexibility index (Phi) is 7.08. The number of aryl methyl sites for hydroxylation is 1. The van der Waals surface area contributed by atoms with Gasteiger partial charge in [0.25, 0.3) is 0 Å². The van der Waals surface area contributed by atoms with Crippen molar-refractivity contribution in [3.05, 3.63) is 40.7 Å². The minimum absolute atomic E-state index is 0.0472. The second-order valence-corrected chi connectivity index (χ2v) is 8.12. The molecule has 2 rings (SSSR count). The maximum absolute atomic E-state index is 12.1. The zero-order chi connectivity index (χ0) is 19.9. The lowest BCUT2D eigenvalue weighted by molar-refractivity contribution is -0.122. The molecule has 0 atom stereocenters. The fourth-order valence-electron chi connectivity index (χ4n) is 2.20. The molecule has 0 bridgehead atoms. The van der Waals surface area contributed by atoms with E-state index in [1.165, 1.54) is 11.3 Å². The van der Waals surface area contributed by atoms with Gasteiger partial charge >= 0.3 is 0 Å². The van der Waals surface area contributed by atoms with E-state index in [2.05, 4.69) is 32.4 Å². The van der Waals surface area contributed by atoms with Gasteiger partial charge in [0.2, 0.25) is 11.8 Å². The van der Waals surface area contributed by atoms with Gasteiger partial charge in [0.1, 0.15) is 4.88 Å². The minimum atomic E-state index is -0.258. The predicted octanol–water partition coefficient (Wildman–Crippen LogP) is 3.27. The third-order valence-electron chi connectivity index (χ3n) is 3.37. The summed E-state index contributed by atoms with van der Waals surface area (Å²) in [5.74, 6) is 5.93. The van der Waals surface area contributed by atoms with Crippen LogP contribution < -0.4 is 10.6 Å². The molecule has 2 amide bonds. The normalized spacial score (nSPS) is 10.7. The third-order valence-corrected chi connectivity index (χ3v) is 4.35. The Morgan fingerprint density at radius 1 is 1.11 bits per heavy atom. The smallest absolute Gasteiger partial charge is 0.226 e. The minimum Gasteiger partial charge on any atom is -0.352 e. The average Bonchev–Trinajstić information content (AvgIpc) is 2.91. The number of anilines is 1. The fourth-order valence-corrected chi connectivity index (χ4v) is 3.04. The fraction of sp³-hybridized carbons (Fsp3) is 0.400. The van der Waals surface area contributed by atoms with E-state index in [0.717, 1.165) is 16.1 Å². The summed E-state index contributed by atoms with van der Waals surface area (Å²) in [6, 6.07) is 3.67. The third kappa shape index (κ3) is 7.59. The number of carbonyl (C=O) groups excluding carboxylic acids is 2. The van der Waals surface area contributed by atoms with Crippen LogP contribution >= 0.6 is 11.3 Å². The topological polar surface area (TPSA) is 84.0 Å².